The van der Waals surface area contributed by atoms with Gasteiger partial charge in [-0.2, -0.15) is 0 Å². The van der Waals surface area contributed by atoms with Crippen molar-refractivity contribution in [2.75, 3.05) is 46.0 Å². The number of aromatic nitrogens is 2. The number of hydrogen-bond acceptors (Lipinski definition) is 6. The number of imidazole rings is 1. The van der Waals surface area contributed by atoms with E-state index in [1.54, 1.807) is 17.0 Å². The van der Waals surface area contributed by atoms with Gasteiger partial charge in [-0.3, -0.25) is 14.5 Å². The van der Waals surface area contributed by atoms with Gasteiger partial charge in [-0.15, -0.1) is 0 Å². The van der Waals surface area contributed by atoms with Crippen molar-refractivity contribution < 1.29 is 19.1 Å². The van der Waals surface area contributed by atoms with Crippen molar-refractivity contribution in [1.29, 1.82) is 0 Å². The number of esters is 1. The Morgan fingerprint density at radius 1 is 1.28 bits per heavy atom. The molecule has 3 heterocycles. The first-order valence-electron chi connectivity index (χ1n) is 10.8. The maximum atomic E-state index is 13.1. The summed E-state index contributed by atoms with van der Waals surface area (Å²) in [6, 6.07) is 0.489. The first-order valence-corrected chi connectivity index (χ1v) is 10.8. The molecule has 0 aromatic carbocycles. The highest BCUT2D eigenvalue weighted by molar-refractivity contribution is 5.91. The highest BCUT2D eigenvalue weighted by Gasteiger charge is 2.54. The third kappa shape index (κ3) is 3.80. The summed E-state index contributed by atoms with van der Waals surface area (Å²) in [7, 11) is 1.82. The minimum Gasteiger partial charge on any atom is -0.466 e. The minimum absolute atomic E-state index is 0.102. The molecule has 3 fully saturated rings. The van der Waals surface area contributed by atoms with Crippen molar-refractivity contribution in [2.45, 2.75) is 38.6 Å². The van der Waals surface area contributed by atoms with Crippen molar-refractivity contribution in [3.05, 3.63) is 18.2 Å². The van der Waals surface area contributed by atoms with E-state index < -0.39 is 5.41 Å². The van der Waals surface area contributed by atoms with Crippen LogP contribution in [0.1, 0.15) is 43.2 Å². The quantitative estimate of drug-likeness (QED) is 0.705. The third-order valence-corrected chi connectivity index (χ3v) is 7.03. The fraction of sp³-hybridized carbons (Fsp3) is 0.762. The fourth-order valence-corrected chi connectivity index (χ4v) is 5.40. The summed E-state index contributed by atoms with van der Waals surface area (Å²) in [4.78, 5) is 34.7. The number of fused-ring (bicyclic) bond motifs is 1. The molecule has 1 aromatic heterocycles. The van der Waals surface area contributed by atoms with Crippen LogP contribution in [0.5, 0.6) is 0 Å². The second-order valence-electron chi connectivity index (χ2n) is 8.53. The summed E-state index contributed by atoms with van der Waals surface area (Å²) >= 11 is 0. The van der Waals surface area contributed by atoms with E-state index in [1.165, 1.54) is 0 Å². The number of amides is 1. The van der Waals surface area contributed by atoms with Crippen LogP contribution in [0.25, 0.3) is 0 Å². The number of piperidine rings is 1. The highest BCUT2D eigenvalue weighted by Crippen LogP contribution is 2.48. The monoisotopic (exact) mass is 404 g/mol. The lowest BCUT2D eigenvalue weighted by Gasteiger charge is -2.52. The van der Waals surface area contributed by atoms with Crippen LogP contribution < -0.4 is 0 Å². The Morgan fingerprint density at radius 2 is 2.07 bits per heavy atom. The molecule has 2 saturated heterocycles. The molecule has 1 aromatic rings. The third-order valence-electron chi connectivity index (χ3n) is 7.03. The Morgan fingerprint density at radius 3 is 2.76 bits per heavy atom. The molecule has 0 spiro atoms. The molecular weight excluding hydrogens is 372 g/mol. The number of aryl methyl sites for hydroxylation is 1. The predicted octanol–water partition coefficient (Wildman–Crippen LogP) is 1.32. The smallest absolute Gasteiger partial charge is 0.314 e. The zero-order valence-electron chi connectivity index (χ0n) is 17.5. The first kappa shape index (κ1) is 20.3. The lowest BCUT2D eigenvalue weighted by atomic mass is 9.61. The van der Waals surface area contributed by atoms with Crippen molar-refractivity contribution >= 4 is 11.9 Å². The average molecular weight is 405 g/mol. The molecule has 2 aliphatic heterocycles. The van der Waals surface area contributed by atoms with E-state index in [0.29, 0.717) is 31.6 Å². The molecule has 1 aliphatic carbocycles. The number of ether oxygens (including phenoxy) is 2. The Kier molecular flexibility index (Phi) is 5.92. The van der Waals surface area contributed by atoms with Crippen molar-refractivity contribution in [3.63, 3.8) is 0 Å². The Balaban J connectivity index is 1.53. The van der Waals surface area contributed by atoms with Crippen LogP contribution in [0.4, 0.5) is 0 Å². The number of nitrogens with zero attached hydrogens (tertiary/aromatic N) is 4. The average Bonchev–Trinajstić information content (AvgIpc) is 3.19. The summed E-state index contributed by atoms with van der Waals surface area (Å²) in [5.41, 5.74) is -0.599. The lowest BCUT2D eigenvalue weighted by molar-refractivity contribution is -0.168. The molecule has 1 amide bonds. The first-order chi connectivity index (χ1) is 14.0. The maximum absolute atomic E-state index is 13.1. The second-order valence-corrected chi connectivity index (χ2v) is 8.53. The number of hydrogen-bond donors (Lipinski definition) is 0. The SMILES string of the molecule is CCOC(=O)[C@@]12CC[C@@H](N3CCOCC3)C[C@H]1CCN(C(=O)c1nccn1C)C2. The highest BCUT2D eigenvalue weighted by atomic mass is 16.5. The largest absolute Gasteiger partial charge is 0.466 e. The van der Waals surface area contributed by atoms with Gasteiger partial charge >= 0.3 is 5.97 Å². The van der Waals surface area contributed by atoms with Crippen LogP contribution in [0.3, 0.4) is 0 Å². The Hall–Kier alpha value is -1.93. The van der Waals surface area contributed by atoms with Gasteiger partial charge in [0.25, 0.3) is 5.91 Å². The van der Waals surface area contributed by atoms with Crippen molar-refractivity contribution in [1.82, 2.24) is 19.4 Å². The number of likely N-dealkylation sites (tertiary alicyclic amines) is 1. The van der Waals surface area contributed by atoms with E-state index in [9.17, 15) is 9.59 Å². The van der Waals surface area contributed by atoms with Crippen LogP contribution in [0.15, 0.2) is 12.4 Å². The van der Waals surface area contributed by atoms with Gasteiger partial charge in [-0.25, -0.2) is 4.98 Å². The fourth-order valence-electron chi connectivity index (χ4n) is 5.40. The summed E-state index contributed by atoms with van der Waals surface area (Å²) in [5, 5.41) is 0. The van der Waals surface area contributed by atoms with Crippen LogP contribution >= 0.6 is 0 Å². The molecule has 29 heavy (non-hydrogen) atoms. The summed E-state index contributed by atoms with van der Waals surface area (Å²) in [6.45, 7) is 6.81. The van der Waals surface area contributed by atoms with Gasteiger partial charge in [-0.05, 0) is 38.5 Å². The number of morpholine rings is 1. The molecular formula is C21H32N4O4. The van der Waals surface area contributed by atoms with Crippen LogP contribution in [-0.4, -0.2) is 83.3 Å². The zero-order valence-corrected chi connectivity index (χ0v) is 17.5. The van der Waals surface area contributed by atoms with E-state index >= 15 is 0 Å². The van der Waals surface area contributed by atoms with Gasteiger partial charge in [0, 0.05) is 51.7 Å². The van der Waals surface area contributed by atoms with Crippen LogP contribution in [0, 0.1) is 11.3 Å². The van der Waals surface area contributed by atoms with Crippen molar-refractivity contribution in [2.24, 2.45) is 18.4 Å². The normalized spacial score (nSPS) is 30.6. The molecule has 3 aliphatic rings. The number of carbonyl (C=O) groups excluding carboxylic acids is 2. The van der Waals surface area contributed by atoms with Gasteiger partial charge in [0.15, 0.2) is 5.82 Å². The molecule has 0 radical (unpaired) electrons. The van der Waals surface area contributed by atoms with Gasteiger partial charge < -0.3 is 18.9 Å². The van der Waals surface area contributed by atoms with E-state index in [-0.39, 0.29) is 17.8 Å². The van der Waals surface area contributed by atoms with E-state index in [1.807, 2.05) is 18.9 Å². The topological polar surface area (TPSA) is 76.9 Å². The molecule has 4 rings (SSSR count). The molecule has 160 valence electrons. The Labute approximate surface area is 172 Å². The van der Waals surface area contributed by atoms with Gasteiger partial charge in [-0.1, -0.05) is 0 Å². The Bertz CT molecular complexity index is 745. The molecule has 3 atom stereocenters. The lowest BCUT2D eigenvalue weighted by Crippen LogP contribution is -2.59. The predicted molar refractivity (Wildman–Crippen MR) is 106 cm³/mol. The standard InChI is InChI=1S/C21H32N4O4/c1-3-29-20(27)21-6-4-17(24-10-12-28-13-11-24)14-16(21)5-8-25(15-21)19(26)18-22-7-9-23(18)2/h7,9,16-17H,3-6,8,10-15H2,1-2H3/t16-,17-,21-/m1/s1. The minimum atomic E-state index is -0.599. The summed E-state index contributed by atoms with van der Waals surface area (Å²) in [5.74, 6) is 0.427. The maximum Gasteiger partial charge on any atom is 0.314 e. The summed E-state index contributed by atoms with van der Waals surface area (Å²) < 4.78 is 12.8. The molecule has 0 bridgehead atoms. The van der Waals surface area contributed by atoms with Gasteiger partial charge in [0.05, 0.1) is 25.2 Å². The molecule has 0 unspecified atom stereocenters. The van der Waals surface area contributed by atoms with Crippen LogP contribution in [-0.2, 0) is 21.3 Å². The van der Waals surface area contributed by atoms with E-state index in [4.69, 9.17) is 9.47 Å². The van der Waals surface area contributed by atoms with E-state index in [0.717, 1.165) is 52.0 Å². The summed E-state index contributed by atoms with van der Waals surface area (Å²) in [6.07, 6.45) is 6.95. The molecule has 8 heteroatoms. The number of rotatable bonds is 4. The second kappa shape index (κ2) is 8.44. The van der Waals surface area contributed by atoms with Gasteiger partial charge in [0.2, 0.25) is 0 Å². The molecule has 0 N–H and O–H groups in total. The zero-order chi connectivity index (χ0) is 20.4. The van der Waals surface area contributed by atoms with E-state index in [2.05, 4.69) is 9.88 Å². The number of carbonyl (C=O) groups is 2. The van der Waals surface area contributed by atoms with Crippen LogP contribution in [0.2, 0.25) is 0 Å². The van der Waals surface area contributed by atoms with Crippen molar-refractivity contribution in [3.8, 4) is 0 Å². The molecule has 8 nitrogen and oxygen atoms in total. The van der Waals surface area contributed by atoms with Gasteiger partial charge in [0.1, 0.15) is 0 Å². The molecule has 1 saturated carbocycles.